The van der Waals surface area contributed by atoms with E-state index in [1.165, 1.54) is 16.6 Å². The molecule has 0 N–H and O–H groups in total. The second-order valence-electron chi connectivity index (χ2n) is 6.68. The third kappa shape index (κ3) is 3.52. The highest BCUT2D eigenvalue weighted by molar-refractivity contribution is 7.88. The summed E-state index contributed by atoms with van der Waals surface area (Å²) in [6, 6.07) is 16.3. The molecule has 0 radical (unpaired) electrons. The Kier molecular flexibility index (Phi) is 4.57. The van der Waals surface area contributed by atoms with Crippen LogP contribution >= 0.6 is 0 Å². The van der Waals surface area contributed by atoms with E-state index in [0.29, 0.717) is 31.7 Å². The summed E-state index contributed by atoms with van der Waals surface area (Å²) < 4.78 is 39.2. The second kappa shape index (κ2) is 6.90. The van der Waals surface area contributed by atoms with Gasteiger partial charge < -0.3 is 4.90 Å². The number of hydrogen-bond acceptors (Lipinski definition) is 4. The van der Waals surface area contributed by atoms with E-state index < -0.39 is 10.0 Å². The minimum Gasteiger partial charge on any atom is -0.354 e. The molecule has 1 aliphatic rings. The first-order chi connectivity index (χ1) is 12.9. The maximum atomic E-state index is 14.3. The lowest BCUT2D eigenvalue weighted by atomic mass is 10.0. The highest BCUT2D eigenvalue weighted by Crippen LogP contribution is 2.31. The first-order valence-corrected chi connectivity index (χ1v) is 10.6. The summed E-state index contributed by atoms with van der Waals surface area (Å²) in [6.07, 6.45) is 1.23. The zero-order chi connectivity index (χ0) is 19.0. The Balaban J connectivity index is 1.71. The van der Waals surface area contributed by atoms with Crippen molar-refractivity contribution in [2.45, 2.75) is 0 Å². The van der Waals surface area contributed by atoms with Crippen LogP contribution in [0.1, 0.15) is 0 Å². The molecule has 1 aliphatic heterocycles. The first kappa shape index (κ1) is 17.9. The summed E-state index contributed by atoms with van der Waals surface area (Å²) >= 11 is 0. The van der Waals surface area contributed by atoms with Crippen molar-refractivity contribution >= 4 is 26.7 Å². The van der Waals surface area contributed by atoms with E-state index in [0.717, 1.165) is 22.3 Å². The van der Waals surface area contributed by atoms with Gasteiger partial charge in [0, 0.05) is 42.7 Å². The number of fused-ring (bicyclic) bond motifs is 1. The van der Waals surface area contributed by atoms with Crippen molar-refractivity contribution in [3.63, 3.8) is 0 Å². The molecule has 0 aliphatic carbocycles. The van der Waals surface area contributed by atoms with Crippen LogP contribution in [0.4, 0.5) is 10.2 Å². The van der Waals surface area contributed by atoms with Gasteiger partial charge in [0.2, 0.25) is 10.0 Å². The van der Waals surface area contributed by atoms with Crippen LogP contribution < -0.4 is 4.90 Å². The Bertz CT molecular complexity index is 1090. The molecule has 2 aromatic carbocycles. The lowest BCUT2D eigenvalue weighted by Gasteiger charge is -2.34. The Morgan fingerprint density at radius 1 is 0.889 bits per heavy atom. The maximum absolute atomic E-state index is 14.3. The molecule has 4 rings (SSSR count). The van der Waals surface area contributed by atoms with Crippen LogP contribution in [-0.4, -0.2) is 50.1 Å². The molecule has 0 bridgehead atoms. The van der Waals surface area contributed by atoms with E-state index in [-0.39, 0.29) is 5.82 Å². The number of piperazine rings is 1. The molecule has 0 atom stereocenters. The Morgan fingerprint density at radius 3 is 2.30 bits per heavy atom. The molecule has 7 heteroatoms. The molecule has 3 aromatic rings. The maximum Gasteiger partial charge on any atom is 0.211 e. The molecule has 1 fully saturated rings. The van der Waals surface area contributed by atoms with Crippen LogP contribution in [-0.2, 0) is 10.0 Å². The van der Waals surface area contributed by atoms with Gasteiger partial charge >= 0.3 is 0 Å². The molecule has 5 nitrogen and oxygen atoms in total. The minimum atomic E-state index is -3.17. The molecule has 0 unspecified atom stereocenters. The fourth-order valence-corrected chi connectivity index (χ4v) is 4.29. The van der Waals surface area contributed by atoms with Crippen molar-refractivity contribution in [1.82, 2.24) is 9.29 Å². The number of anilines is 1. The lowest BCUT2D eigenvalue weighted by molar-refractivity contribution is 0.387. The first-order valence-electron chi connectivity index (χ1n) is 8.78. The molecule has 140 valence electrons. The van der Waals surface area contributed by atoms with Gasteiger partial charge in [-0.05, 0) is 18.2 Å². The monoisotopic (exact) mass is 385 g/mol. The van der Waals surface area contributed by atoms with E-state index in [9.17, 15) is 12.8 Å². The summed E-state index contributed by atoms with van der Waals surface area (Å²) in [5, 5.41) is 0.939. The average molecular weight is 385 g/mol. The average Bonchev–Trinajstić information content (AvgIpc) is 2.67. The standard InChI is InChI=1S/C20H20FN3O2S/c1-27(25,26)24-13-11-23(12-14-24)19-10-9-15-5-4-7-17(20(15)22-19)16-6-2-3-8-18(16)21/h2-10H,11-14H2,1H3. The fourth-order valence-electron chi connectivity index (χ4n) is 3.46. The minimum absolute atomic E-state index is 0.279. The molecule has 0 amide bonds. The molecular weight excluding hydrogens is 365 g/mol. The van der Waals surface area contributed by atoms with Gasteiger partial charge in [-0.25, -0.2) is 17.8 Å². The van der Waals surface area contributed by atoms with Crippen molar-refractivity contribution in [1.29, 1.82) is 0 Å². The number of nitrogens with zero attached hydrogens (tertiary/aromatic N) is 3. The third-order valence-corrected chi connectivity index (χ3v) is 6.20. The molecule has 1 saturated heterocycles. The Hall–Kier alpha value is -2.51. The SMILES string of the molecule is CS(=O)(=O)N1CCN(c2ccc3cccc(-c4ccccc4F)c3n2)CC1. The number of benzene rings is 2. The third-order valence-electron chi connectivity index (χ3n) is 4.90. The van der Waals surface area contributed by atoms with Crippen molar-refractivity contribution in [2.75, 3.05) is 37.3 Å². The van der Waals surface area contributed by atoms with Gasteiger partial charge in [0.1, 0.15) is 11.6 Å². The van der Waals surface area contributed by atoms with E-state index in [4.69, 9.17) is 4.98 Å². The molecule has 0 spiro atoms. The van der Waals surface area contributed by atoms with Crippen molar-refractivity contribution in [3.8, 4) is 11.1 Å². The largest absolute Gasteiger partial charge is 0.354 e. The zero-order valence-corrected chi connectivity index (χ0v) is 15.8. The lowest BCUT2D eigenvalue weighted by Crippen LogP contribution is -2.48. The zero-order valence-electron chi connectivity index (χ0n) is 15.0. The summed E-state index contributed by atoms with van der Waals surface area (Å²) in [5.41, 5.74) is 2.02. The number of pyridine rings is 1. The van der Waals surface area contributed by atoms with E-state index in [1.54, 1.807) is 12.1 Å². The van der Waals surface area contributed by atoms with Crippen LogP contribution in [0.25, 0.3) is 22.0 Å². The molecular formula is C20H20FN3O2S. The number of sulfonamides is 1. The number of para-hydroxylation sites is 1. The van der Waals surface area contributed by atoms with Gasteiger partial charge in [0.15, 0.2) is 0 Å². The molecule has 27 heavy (non-hydrogen) atoms. The fraction of sp³-hybridized carbons (Fsp3) is 0.250. The van der Waals surface area contributed by atoms with Gasteiger partial charge in [-0.1, -0.05) is 36.4 Å². The molecule has 1 aromatic heterocycles. The van der Waals surface area contributed by atoms with Gasteiger partial charge in [-0.3, -0.25) is 0 Å². The van der Waals surface area contributed by atoms with Crippen molar-refractivity contribution in [2.24, 2.45) is 0 Å². The van der Waals surface area contributed by atoms with E-state index in [2.05, 4.69) is 4.90 Å². The number of rotatable bonds is 3. The van der Waals surface area contributed by atoms with E-state index in [1.807, 2.05) is 36.4 Å². The summed E-state index contributed by atoms with van der Waals surface area (Å²) in [4.78, 5) is 6.86. The molecule has 0 saturated carbocycles. The van der Waals surface area contributed by atoms with E-state index >= 15 is 0 Å². The predicted molar refractivity (Wildman–Crippen MR) is 106 cm³/mol. The predicted octanol–water partition coefficient (Wildman–Crippen LogP) is 3.12. The van der Waals surface area contributed by atoms with Crippen LogP contribution in [0.2, 0.25) is 0 Å². The van der Waals surface area contributed by atoms with Gasteiger partial charge in [-0.2, -0.15) is 4.31 Å². The highest BCUT2D eigenvalue weighted by Gasteiger charge is 2.24. The van der Waals surface area contributed by atoms with Crippen molar-refractivity contribution in [3.05, 3.63) is 60.4 Å². The van der Waals surface area contributed by atoms with Gasteiger partial charge in [0.25, 0.3) is 0 Å². The van der Waals surface area contributed by atoms with Crippen LogP contribution in [0.3, 0.4) is 0 Å². The van der Waals surface area contributed by atoms with Crippen LogP contribution in [0, 0.1) is 5.82 Å². The summed E-state index contributed by atoms with van der Waals surface area (Å²) in [6.45, 7) is 2.03. The highest BCUT2D eigenvalue weighted by atomic mass is 32.2. The Morgan fingerprint density at radius 2 is 1.59 bits per heavy atom. The topological polar surface area (TPSA) is 53.5 Å². The Labute approximate surface area is 158 Å². The second-order valence-corrected chi connectivity index (χ2v) is 8.66. The number of halogens is 1. The smallest absolute Gasteiger partial charge is 0.211 e. The van der Waals surface area contributed by atoms with Gasteiger partial charge in [0.05, 0.1) is 11.8 Å². The number of aromatic nitrogens is 1. The quantitative estimate of drug-likeness (QED) is 0.695. The summed E-state index contributed by atoms with van der Waals surface area (Å²) in [5.74, 6) is 0.499. The van der Waals surface area contributed by atoms with Crippen LogP contribution in [0.5, 0.6) is 0 Å². The van der Waals surface area contributed by atoms with Gasteiger partial charge in [-0.15, -0.1) is 0 Å². The van der Waals surface area contributed by atoms with Crippen molar-refractivity contribution < 1.29 is 12.8 Å². The summed E-state index contributed by atoms with van der Waals surface area (Å²) in [7, 11) is -3.17. The molecule has 2 heterocycles. The normalized spacial score (nSPS) is 16.0. The number of hydrogen-bond donors (Lipinski definition) is 0. The van der Waals surface area contributed by atoms with Crippen LogP contribution in [0.15, 0.2) is 54.6 Å².